The fourth-order valence-electron chi connectivity index (χ4n) is 4.00. The van der Waals surface area contributed by atoms with Crippen molar-refractivity contribution in [3.8, 4) is 0 Å². The Hall–Kier alpha value is -2.90. The average molecular weight is 482 g/mol. The minimum atomic E-state index is -0.367. The minimum Gasteiger partial charge on any atom is -0.462 e. The number of morpholine rings is 1. The van der Waals surface area contributed by atoms with Crippen LogP contribution in [0.5, 0.6) is 0 Å². The Balaban J connectivity index is 1.65. The van der Waals surface area contributed by atoms with Gasteiger partial charge in [-0.05, 0) is 54.2 Å². The van der Waals surface area contributed by atoms with Crippen molar-refractivity contribution in [2.45, 2.75) is 46.1 Å². The van der Waals surface area contributed by atoms with Crippen LogP contribution in [-0.2, 0) is 21.4 Å². The number of nitrogens with zero attached hydrogens (tertiary/aromatic N) is 2. The van der Waals surface area contributed by atoms with E-state index in [0.717, 1.165) is 44.8 Å². The summed E-state index contributed by atoms with van der Waals surface area (Å²) in [5.74, 6) is -0.367. The summed E-state index contributed by atoms with van der Waals surface area (Å²) >= 11 is 0. The third kappa shape index (κ3) is 8.37. The van der Waals surface area contributed by atoms with Gasteiger partial charge in [-0.25, -0.2) is 9.59 Å². The van der Waals surface area contributed by atoms with Crippen LogP contribution in [0.3, 0.4) is 0 Å². The van der Waals surface area contributed by atoms with Crippen molar-refractivity contribution in [2.24, 2.45) is 0 Å². The van der Waals surface area contributed by atoms with Crippen LogP contribution in [0.25, 0.3) is 0 Å². The Morgan fingerprint density at radius 3 is 2.29 bits per heavy atom. The number of anilines is 1. The predicted octanol–water partition coefficient (Wildman–Crippen LogP) is 4.92. The molecule has 0 spiro atoms. The van der Waals surface area contributed by atoms with Gasteiger partial charge in [0.15, 0.2) is 0 Å². The second-order valence-electron chi connectivity index (χ2n) is 9.90. The molecule has 0 unspecified atom stereocenters. The molecule has 0 atom stereocenters. The van der Waals surface area contributed by atoms with Crippen LogP contribution < -0.4 is 5.32 Å². The Morgan fingerprint density at radius 1 is 1.03 bits per heavy atom. The van der Waals surface area contributed by atoms with E-state index in [9.17, 15) is 9.59 Å². The first-order valence-electron chi connectivity index (χ1n) is 12.5. The van der Waals surface area contributed by atoms with Crippen LogP contribution in [0, 0.1) is 0 Å². The van der Waals surface area contributed by atoms with E-state index in [1.54, 1.807) is 31.2 Å². The van der Waals surface area contributed by atoms with Gasteiger partial charge in [0.25, 0.3) is 0 Å². The van der Waals surface area contributed by atoms with Gasteiger partial charge < -0.3 is 19.7 Å². The third-order valence-corrected chi connectivity index (χ3v) is 6.13. The molecule has 7 nitrogen and oxygen atoms in total. The first kappa shape index (κ1) is 26.7. The van der Waals surface area contributed by atoms with E-state index < -0.39 is 0 Å². The van der Waals surface area contributed by atoms with Crippen molar-refractivity contribution in [3.63, 3.8) is 0 Å². The number of hydrogen-bond donors (Lipinski definition) is 1. The number of nitrogens with one attached hydrogen (secondary N) is 1. The maximum Gasteiger partial charge on any atom is 0.338 e. The molecule has 1 aliphatic rings. The molecule has 2 amide bonds. The fraction of sp³-hybridized carbons (Fsp3) is 0.500. The lowest BCUT2D eigenvalue weighted by atomic mass is 9.87. The standard InChI is InChI=1S/C28H39N3O4/c1-5-35-26(32)23-9-13-25(14-10-23)29-27(33)31(16-6-15-30-17-19-34-20-18-30)21-22-7-11-24(12-8-22)28(2,3)4/h7-14H,5-6,15-21H2,1-4H3,(H,29,33). The SMILES string of the molecule is CCOC(=O)c1ccc(NC(=O)N(CCCN2CCOCC2)Cc2ccc(C(C)(C)C)cc2)cc1. The monoisotopic (exact) mass is 481 g/mol. The molecule has 0 aromatic heterocycles. The minimum absolute atomic E-state index is 0.0868. The number of carbonyl (C=O) groups excluding carboxylic acids is 2. The second-order valence-corrected chi connectivity index (χ2v) is 9.90. The number of rotatable bonds is 9. The summed E-state index contributed by atoms with van der Waals surface area (Å²) in [6.07, 6.45) is 0.884. The summed E-state index contributed by atoms with van der Waals surface area (Å²) < 4.78 is 10.5. The number of esters is 1. The number of amides is 2. The third-order valence-electron chi connectivity index (χ3n) is 6.13. The van der Waals surface area contributed by atoms with Gasteiger partial charge in [-0.2, -0.15) is 0 Å². The van der Waals surface area contributed by atoms with Gasteiger partial charge in [-0.15, -0.1) is 0 Å². The molecule has 7 heteroatoms. The molecule has 2 aromatic rings. The highest BCUT2D eigenvalue weighted by Crippen LogP contribution is 2.23. The molecule has 1 aliphatic heterocycles. The van der Waals surface area contributed by atoms with E-state index >= 15 is 0 Å². The van der Waals surface area contributed by atoms with Crippen LogP contribution >= 0.6 is 0 Å². The lowest BCUT2D eigenvalue weighted by Crippen LogP contribution is -2.40. The van der Waals surface area contributed by atoms with Crippen molar-refractivity contribution < 1.29 is 19.1 Å². The molecule has 1 heterocycles. The van der Waals surface area contributed by atoms with E-state index in [-0.39, 0.29) is 17.4 Å². The van der Waals surface area contributed by atoms with Gasteiger partial charge >= 0.3 is 12.0 Å². The smallest absolute Gasteiger partial charge is 0.338 e. The molecule has 0 aliphatic carbocycles. The fourth-order valence-corrected chi connectivity index (χ4v) is 4.00. The van der Waals surface area contributed by atoms with Crippen molar-refractivity contribution in [1.29, 1.82) is 0 Å². The van der Waals surface area contributed by atoms with E-state index in [0.29, 0.717) is 30.9 Å². The molecule has 1 fully saturated rings. The Labute approximate surface area is 209 Å². The first-order chi connectivity index (χ1) is 16.8. The van der Waals surface area contributed by atoms with Gasteiger partial charge in [-0.3, -0.25) is 4.90 Å². The van der Waals surface area contributed by atoms with Gasteiger partial charge in [-0.1, -0.05) is 45.0 Å². The van der Waals surface area contributed by atoms with Crippen molar-refractivity contribution in [2.75, 3.05) is 51.3 Å². The summed E-state index contributed by atoms with van der Waals surface area (Å²) in [5.41, 5.74) is 3.56. The molecular weight excluding hydrogens is 442 g/mol. The summed E-state index contributed by atoms with van der Waals surface area (Å²) in [6, 6.07) is 15.1. The largest absolute Gasteiger partial charge is 0.462 e. The molecular formula is C28H39N3O4. The lowest BCUT2D eigenvalue weighted by molar-refractivity contribution is 0.0365. The highest BCUT2D eigenvalue weighted by Gasteiger charge is 2.18. The van der Waals surface area contributed by atoms with Crippen molar-refractivity contribution in [3.05, 3.63) is 65.2 Å². The van der Waals surface area contributed by atoms with Gasteiger partial charge in [0, 0.05) is 38.4 Å². The summed E-state index contributed by atoms with van der Waals surface area (Å²) in [7, 11) is 0. The van der Waals surface area contributed by atoms with Gasteiger partial charge in [0.05, 0.1) is 25.4 Å². The Morgan fingerprint density at radius 2 is 1.69 bits per heavy atom. The summed E-state index contributed by atoms with van der Waals surface area (Å²) in [5, 5.41) is 2.99. The number of urea groups is 1. The molecule has 3 rings (SSSR count). The molecule has 0 bridgehead atoms. The van der Waals surface area contributed by atoms with Crippen LogP contribution in [0.15, 0.2) is 48.5 Å². The number of hydrogen-bond acceptors (Lipinski definition) is 5. The van der Waals surface area contributed by atoms with Crippen LogP contribution in [-0.4, -0.2) is 67.8 Å². The summed E-state index contributed by atoms with van der Waals surface area (Å²) in [6.45, 7) is 14.2. The predicted molar refractivity (Wildman–Crippen MR) is 139 cm³/mol. The molecule has 190 valence electrons. The maximum absolute atomic E-state index is 13.2. The van der Waals surface area contributed by atoms with E-state index in [2.05, 4.69) is 55.3 Å². The topological polar surface area (TPSA) is 71.1 Å². The van der Waals surface area contributed by atoms with Gasteiger partial charge in [0.2, 0.25) is 0 Å². The van der Waals surface area contributed by atoms with Crippen LogP contribution in [0.4, 0.5) is 10.5 Å². The zero-order valence-electron chi connectivity index (χ0n) is 21.5. The zero-order valence-corrected chi connectivity index (χ0v) is 21.5. The normalized spacial score (nSPS) is 14.4. The van der Waals surface area contributed by atoms with Crippen molar-refractivity contribution in [1.82, 2.24) is 9.80 Å². The van der Waals surface area contributed by atoms with Gasteiger partial charge in [0.1, 0.15) is 0 Å². The lowest BCUT2D eigenvalue weighted by Gasteiger charge is -2.28. The highest BCUT2D eigenvalue weighted by atomic mass is 16.5. The number of carbonyl (C=O) groups is 2. The summed E-state index contributed by atoms with van der Waals surface area (Å²) in [4.78, 5) is 29.4. The van der Waals surface area contributed by atoms with E-state index in [1.807, 2.05) is 4.90 Å². The van der Waals surface area contributed by atoms with E-state index in [4.69, 9.17) is 9.47 Å². The van der Waals surface area contributed by atoms with Crippen LogP contribution in [0.2, 0.25) is 0 Å². The second kappa shape index (κ2) is 12.7. The first-order valence-corrected chi connectivity index (χ1v) is 12.5. The number of ether oxygens (including phenoxy) is 2. The van der Waals surface area contributed by atoms with Crippen LogP contribution in [0.1, 0.15) is 55.6 Å². The molecule has 2 aromatic carbocycles. The molecule has 1 saturated heterocycles. The molecule has 35 heavy (non-hydrogen) atoms. The van der Waals surface area contributed by atoms with Crippen molar-refractivity contribution >= 4 is 17.7 Å². The average Bonchev–Trinajstić information content (AvgIpc) is 2.84. The number of benzene rings is 2. The zero-order chi connectivity index (χ0) is 25.3. The quantitative estimate of drug-likeness (QED) is 0.515. The highest BCUT2D eigenvalue weighted by molar-refractivity contribution is 5.92. The Kier molecular flexibility index (Phi) is 9.69. The Bertz CT molecular complexity index is 946. The van der Waals surface area contributed by atoms with E-state index in [1.165, 1.54) is 5.56 Å². The molecule has 1 N–H and O–H groups in total. The molecule has 0 radical (unpaired) electrons. The molecule has 0 saturated carbocycles. The maximum atomic E-state index is 13.2.